The third-order valence-corrected chi connectivity index (χ3v) is 7.01. The van der Waals surface area contributed by atoms with Gasteiger partial charge in [-0.15, -0.1) is 0 Å². The smallest absolute Gasteiger partial charge is 0.00264 e. The average molecular weight is 431 g/mol. The molecule has 0 saturated carbocycles. The van der Waals surface area contributed by atoms with Gasteiger partial charge < -0.3 is 0 Å². The van der Waals surface area contributed by atoms with Crippen molar-refractivity contribution in [1.29, 1.82) is 0 Å². The molecule has 0 N–H and O–H groups in total. The summed E-state index contributed by atoms with van der Waals surface area (Å²) >= 11 is 0. The second kappa shape index (κ2) is 7.57. The maximum absolute atomic E-state index is 2.37. The molecule has 0 fully saturated rings. The molecule has 0 unspecified atom stereocenters. The Labute approximate surface area is 198 Å². The van der Waals surface area contributed by atoms with Gasteiger partial charge in [-0.1, -0.05) is 115 Å². The van der Waals surface area contributed by atoms with Crippen LogP contribution < -0.4 is 0 Å². The summed E-state index contributed by atoms with van der Waals surface area (Å²) < 4.78 is 0. The molecule has 0 nitrogen and oxygen atoms in total. The van der Waals surface area contributed by atoms with Crippen LogP contribution in [-0.4, -0.2) is 0 Å². The van der Waals surface area contributed by atoms with E-state index in [4.69, 9.17) is 0 Å². The van der Waals surface area contributed by atoms with Crippen molar-refractivity contribution in [3.63, 3.8) is 0 Å². The molecular formula is C34H22. The minimum atomic E-state index is 1.25. The Morgan fingerprint density at radius 2 is 0.912 bits per heavy atom. The van der Waals surface area contributed by atoms with Crippen molar-refractivity contribution in [1.82, 2.24) is 0 Å². The van der Waals surface area contributed by atoms with Crippen LogP contribution in [0.3, 0.4) is 0 Å². The maximum Gasteiger partial charge on any atom is -0.00264 e. The minimum absolute atomic E-state index is 1.25. The summed E-state index contributed by atoms with van der Waals surface area (Å²) in [6.07, 6.45) is 0. The van der Waals surface area contributed by atoms with E-state index >= 15 is 0 Å². The molecule has 0 aliphatic rings. The predicted octanol–water partition coefficient (Wildman–Crippen LogP) is 9.63. The van der Waals surface area contributed by atoms with Gasteiger partial charge >= 0.3 is 0 Å². The number of hydrogen-bond acceptors (Lipinski definition) is 0. The first-order valence-electron chi connectivity index (χ1n) is 11.8. The van der Waals surface area contributed by atoms with Gasteiger partial charge in [0.15, 0.2) is 0 Å². The van der Waals surface area contributed by atoms with Crippen LogP contribution in [0, 0.1) is 0 Å². The molecule has 0 radical (unpaired) electrons. The normalized spacial score (nSPS) is 11.5. The van der Waals surface area contributed by atoms with E-state index in [1.54, 1.807) is 0 Å². The van der Waals surface area contributed by atoms with E-state index < -0.39 is 0 Å². The standard InChI is InChI=1S/C34H22/c1-2-8-23(9-3-1)26-17-14-24-15-18-27(21-29(24)20-26)33-22-28-19-16-25-10-4-5-11-30(25)34(28)32-13-7-6-12-31(32)33/h1-22H. The van der Waals surface area contributed by atoms with Gasteiger partial charge in [0.1, 0.15) is 0 Å². The zero-order chi connectivity index (χ0) is 22.5. The van der Waals surface area contributed by atoms with Gasteiger partial charge in [0.2, 0.25) is 0 Å². The highest BCUT2D eigenvalue weighted by Crippen LogP contribution is 2.39. The van der Waals surface area contributed by atoms with Gasteiger partial charge in [-0.05, 0) is 83.5 Å². The summed E-state index contributed by atoms with van der Waals surface area (Å²) in [5.74, 6) is 0. The lowest BCUT2D eigenvalue weighted by Crippen LogP contribution is -1.87. The van der Waals surface area contributed by atoms with Crippen molar-refractivity contribution >= 4 is 43.1 Å². The molecule has 0 spiro atoms. The first-order chi connectivity index (χ1) is 16.8. The Morgan fingerprint density at radius 3 is 1.76 bits per heavy atom. The molecule has 7 aromatic carbocycles. The lowest BCUT2D eigenvalue weighted by Gasteiger charge is -2.14. The van der Waals surface area contributed by atoms with Gasteiger partial charge in [-0.3, -0.25) is 0 Å². The van der Waals surface area contributed by atoms with Crippen molar-refractivity contribution in [2.75, 3.05) is 0 Å². The third-order valence-electron chi connectivity index (χ3n) is 7.01. The SMILES string of the molecule is c1ccc(-c2ccc3ccc(-c4cc5ccc6ccccc6c5c5ccccc45)cc3c2)cc1. The zero-order valence-electron chi connectivity index (χ0n) is 18.7. The highest BCUT2D eigenvalue weighted by atomic mass is 14.1. The van der Waals surface area contributed by atoms with E-state index in [9.17, 15) is 0 Å². The van der Waals surface area contributed by atoms with Crippen LogP contribution in [0.5, 0.6) is 0 Å². The molecule has 0 aromatic heterocycles. The molecule has 0 bridgehead atoms. The second-order valence-corrected chi connectivity index (χ2v) is 9.00. The summed E-state index contributed by atoms with van der Waals surface area (Å²) in [6.45, 7) is 0. The topological polar surface area (TPSA) is 0 Å². The molecule has 0 saturated heterocycles. The molecule has 0 amide bonds. The molecule has 0 heterocycles. The molecule has 34 heavy (non-hydrogen) atoms. The first-order valence-corrected chi connectivity index (χ1v) is 11.8. The number of fused-ring (bicyclic) bond motifs is 6. The van der Waals surface area contributed by atoms with Crippen molar-refractivity contribution in [2.45, 2.75) is 0 Å². The van der Waals surface area contributed by atoms with E-state index in [2.05, 4.69) is 133 Å². The highest BCUT2D eigenvalue weighted by Gasteiger charge is 2.11. The number of rotatable bonds is 2. The fourth-order valence-electron chi connectivity index (χ4n) is 5.34. The summed E-state index contributed by atoms with van der Waals surface area (Å²) in [4.78, 5) is 0. The van der Waals surface area contributed by atoms with E-state index in [1.165, 1.54) is 65.3 Å². The van der Waals surface area contributed by atoms with Gasteiger partial charge in [-0.25, -0.2) is 0 Å². The van der Waals surface area contributed by atoms with Crippen LogP contribution in [0.2, 0.25) is 0 Å². The fourth-order valence-corrected chi connectivity index (χ4v) is 5.34. The largest absolute Gasteiger partial charge is 0.0622 e. The maximum atomic E-state index is 2.37. The van der Waals surface area contributed by atoms with Gasteiger partial charge in [0, 0.05) is 0 Å². The predicted molar refractivity (Wildman–Crippen MR) is 147 cm³/mol. The Bertz CT molecular complexity index is 1840. The molecular weight excluding hydrogens is 408 g/mol. The molecule has 0 heteroatoms. The molecule has 7 rings (SSSR count). The summed E-state index contributed by atoms with van der Waals surface area (Å²) in [6, 6.07) is 48.6. The first kappa shape index (κ1) is 19.1. The molecule has 0 aliphatic heterocycles. The van der Waals surface area contributed by atoms with Crippen molar-refractivity contribution in [2.24, 2.45) is 0 Å². The van der Waals surface area contributed by atoms with Crippen LogP contribution in [0.25, 0.3) is 65.3 Å². The Balaban J connectivity index is 1.50. The van der Waals surface area contributed by atoms with Crippen LogP contribution >= 0.6 is 0 Å². The average Bonchev–Trinajstić information content (AvgIpc) is 2.92. The van der Waals surface area contributed by atoms with Crippen molar-refractivity contribution in [3.8, 4) is 22.3 Å². The van der Waals surface area contributed by atoms with Crippen LogP contribution in [0.15, 0.2) is 133 Å². The van der Waals surface area contributed by atoms with E-state index in [0.717, 1.165) is 0 Å². The minimum Gasteiger partial charge on any atom is -0.0622 e. The van der Waals surface area contributed by atoms with Crippen LogP contribution in [-0.2, 0) is 0 Å². The number of hydrogen-bond donors (Lipinski definition) is 0. The van der Waals surface area contributed by atoms with E-state index in [1.807, 2.05) is 0 Å². The monoisotopic (exact) mass is 430 g/mol. The quantitative estimate of drug-likeness (QED) is 0.239. The van der Waals surface area contributed by atoms with Crippen molar-refractivity contribution < 1.29 is 0 Å². The van der Waals surface area contributed by atoms with Crippen LogP contribution in [0.4, 0.5) is 0 Å². The molecule has 0 aliphatic carbocycles. The van der Waals surface area contributed by atoms with Gasteiger partial charge in [0.25, 0.3) is 0 Å². The lowest BCUT2D eigenvalue weighted by atomic mass is 9.90. The number of benzene rings is 7. The lowest BCUT2D eigenvalue weighted by molar-refractivity contribution is 1.64. The Morgan fingerprint density at radius 1 is 0.294 bits per heavy atom. The highest BCUT2D eigenvalue weighted by molar-refractivity contribution is 6.23. The zero-order valence-corrected chi connectivity index (χ0v) is 18.7. The van der Waals surface area contributed by atoms with Crippen molar-refractivity contribution in [3.05, 3.63) is 133 Å². The van der Waals surface area contributed by atoms with E-state index in [-0.39, 0.29) is 0 Å². The molecule has 158 valence electrons. The van der Waals surface area contributed by atoms with Gasteiger partial charge in [-0.2, -0.15) is 0 Å². The second-order valence-electron chi connectivity index (χ2n) is 9.00. The summed E-state index contributed by atoms with van der Waals surface area (Å²) in [5.41, 5.74) is 5.03. The summed E-state index contributed by atoms with van der Waals surface area (Å²) in [5, 5.41) is 10.4. The van der Waals surface area contributed by atoms with Gasteiger partial charge in [0.05, 0.1) is 0 Å². The van der Waals surface area contributed by atoms with E-state index in [0.29, 0.717) is 0 Å². The summed E-state index contributed by atoms with van der Waals surface area (Å²) in [7, 11) is 0. The fraction of sp³-hybridized carbons (Fsp3) is 0. The van der Waals surface area contributed by atoms with Crippen LogP contribution in [0.1, 0.15) is 0 Å². The molecule has 0 atom stereocenters. The third kappa shape index (κ3) is 3.00. The molecule has 7 aromatic rings. The Hall–Kier alpha value is -4.42. The Kier molecular flexibility index (Phi) is 4.25.